The van der Waals surface area contributed by atoms with Crippen molar-refractivity contribution in [1.29, 1.82) is 0 Å². The van der Waals surface area contributed by atoms with Gasteiger partial charge in [-0.3, -0.25) is 9.36 Å². The highest BCUT2D eigenvalue weighted by Gasteiger charge is 2.34. The van der Waals surface area contributed by atoms with E-state index in [1.807, 2.05) is 35.2 Å². The van der Waals surface area contributed by atoms with Gasteiger partial charge in [0.05, 0.1) is 5.69 Å². The molecule has 1 saturated heterocycles. The summed E-state index contributed by atoms with van der Waals surface area (Å²) >= 11 is 0. The first-order chi connectivity index (χ1) is 17.3. The first-order valence-corrected chi connectivity index (χ1v) is 11.4. The average molecular weight is 491 g/mol. The number of carbonyl (C=O) groups excluding carboxylic acids is 1. The second-order valence-corrected chi connectivity index (χ2v) is 8.48. The molecule has 1 amide bonds. The number of carbonyl (C=O) groups is 1. The summed E-state index contributed by atoms with van der Waals surface area (Å²) in [7, 11) is 0. The van der Waals surface area contributed by atoms with Crippen LogP contribution in [0, 0.1) is 0 Å². The number of nitrogens with one attached hydrogen (secondary N) is 2. The van der Waals surface area contributed by atoms with Crippen LogP contribution in [0.25, 0.3) is 16.9 Å². The molecule has 0 saturated carbocycles. The van der Waals surface area contributed by atoms with Crippen molar-refractivity contribution in [1.82, 2.24) is 19.5 Å². The van der Waals surface area contributed by atoms with E-state index in [2.05, 4.69) is 32.2 Å². The number of alkyl halides is 2. The number of hydrogen-bond donors (Lipinski definition) is 3. The molecule has 0 bridgehead atoms. The van der Waals surface area contributed by atoms with Gasteiger partial charge in [-0.25, -0.2) is 13.8 Å². The van der Waals surface area contributed by atoms with Crippen LogP contribution >= 0.6 is 0 Å². The molecule has 0 atom stereocenters. The SMILES string of the molecule is C=CC(=O)Nc1cccc(-n2cnc3c(N)nc(Nc4ccc(N5CCC(F)(F)CC5)cc4)nc32)c1. The minimum absolute atomic E-state index is 0.142. The largest absolute Gasteiger partial charge is 0.382 e. The normalized spacial score (nSPS) is 15.0. The summed E-state index contributed by atoms with van der Waals surface area (Å²) in [5.74, 6) is -2.40. The van der Waals surface area contributed by atoms with Crippen LogP contribution in [0.15, 0.2) is 67.5 Å². The van der Waals surface area contributed by atoms with Gasteiger partial charge in [0.25, 0.3) is 5.92 Å². The third-order valence-electron chi connectivity index (χ3n) is 5.98. The molecule has 4 aromatic rings. The lowest BCUT2D eigenvalue weighted by molar-refractivity contribution is -0.111. The number of benzene rings is 2. The first-order valence-electron chi connectivity index (χ1n) is 11.4. The Labute approximate surface area is 205 Å². The van der Waals surface area contributed by atoms with Crippen LogP contribution in [0.3, 0.4) is 0 Å². The number of nitrogens with zero attached hydrogens (tertiary/aromatic N) is 5. The Bertz CT molecular complexity index is 1420. The number of nitrogen functional groups attached to an aromatic ring is 1. The molecule has 0 aliphatic carbocycles. The summed E-state index contributed by atoms with van der Waals surface area (Å²) in [6.45, 7) is 4.10. The summed E-state index contributed by atoms with van der Waals surface area (Å²) in [4.78, 5) is 26.9. The smallest absolute Gasteiger partial charge is 0.251 e. The van der Waals surface area contributed by atoms with Crippen molar-refractivity contribution in [2.45, 2.75) is 18.8 Å². The molecule has 2 aromatic carbocycles. The monoisotopic (exact) mass is 490 g/mol. The van der Waals surface area contributed by atoms with E-state index in [1.165, 1.54) is 6.08 Å². The number of nitrogens with two attached hydrogens (primary N) is 1. The van der Waals surface area contributed by atoms with Crippen LogP contribution in [0.2, 0.25) is 0 Å². The minimum atomic E-state index is -2.58. The van der Waals surface area contributed by atoms with Crippen LogP contribution in [0.4, 0.5) is 37.6 Å². The number of piperidine rings is 1. The Morgan fingerprint density at radius 3 is 2.53 bits per heavy atom. The van der Waals surface area contributed by atoms with Crippen LogP contribution in [-0.2, 0) is 4.79 Å². The van der Waals surface area contributed by atoms with E-state index in [1.54, 1.807) is 29.1 Å². The zero-order chi connectivity index (χ0) is 25.3. The van der Waals surface area contributed by atoms with Crippen molar-refractivity contribution in [3.05, 3.63) is 67.5 Å². The van der Waals surface area contributed by atoms with Gasteiger partial charge in [0, 0.05) is 43.0 Å². The molecule has 36 heavy (non-hydrogen) atoms. The fourth-order valence-electron chi connectivity index (χ4n) is 4.07. The Kier molecular flexibility index (Phi) is 5.96. The standard InChI is InChI=1S/C25H24F2N8O/c1-2-20(36)30-17-4-3-5-19(14-17)35-15-29-21-22(28)32-24(33-23(21)35)31-16-6-8-18(9-7-16)34-12-10-25(26,27)11-13-34/h2-9,14-15H,1,10-13H2,(H,30,36)(H3,28,31,32,33). The summed E-state index contributed by atoms with van der Waals surface area (Å²) in [6, 6.07) is 14.6. The highest BCUT2D eigenvalue weighted by Crippen LogP contribution is 2.31. The van der Waals surface area contributed by atoms with Gasteiger partial charge in [0.1, 0.15) is 6.33 Å². The van der Waals surface area contributed by atoms with Gasteiger partial charge in [-0.2, -0.15) is 9.97 Å². The second-order valence-electron chi connectivity index (χ2n) is 8.48. The highest BCUT2D eigenvalue weighted by atomic mass is 19.3. The zero-order valence-corrected chi connectivity index (χ0v) is 19.3. The number of fused-ring (bicyclic) bond motifs is 1. The topological polar surface area (TPSA) is 114 Å². The van der Waals surface area contributed by atoms with E-state index >= 15 is 0 Å². The molecular formula is C25H24F2N8O. The number of halogens is 2. The van der Waals surface area contributed by atoms with Crippen LogP contribution in [-0.4, -0.2) is 44.4 Å². The number of hydrogen-bond acceptors (Lipinski definition) is 7. The lowest BCUT2D eigenvalue weighted by atomic mass is 10.1. The molecule has 1 aliphatic rings. The molecule has 0 unspecified atom stereocenters. The summed E-state index contributed by atoms with van der Waals surface area (Å²) in [5.41, 5.74) is 10.0. The van der Waals surface area contributed by atoms with Gasteiger partial charge in [-0.05, 0) is 48.5 Å². The van der Waals surface area contributed by atoms with E-state index in [0.717, 1.165) is 17.1 Å². The molecular weight excluding hydrogens is 466 g/mol. The van der Waals surface area contributed by atoms with Crippen LogP contribution in [0.5, 0.6) is 0 Å². The van der Waals surface area contributed by atoms with Gasteiger partial charge >= 0.3 is 0 Å². The zero-order valence-electron chi connectivity index (χ0n) is 19.3. The van der Waals surface area contributed by atoms with Crippen molar-refractivity contribution in [3.63, 3.8) is 0 Å². The molecule has 11 heteroatoms. The summed E-state index contributed by atoms with van der Waals surface area (Å²) in [6.07, 6.45) is 2.50. The van der Waals surface area contributed by atoms with E-state index in [0.29, 0.717) is 29.9 Å². The maximum Gasteiger partial charge on any atom is 0.251 e. The van der Waals surface area contributed by atoms with Crippen LogP contribution < -0.4 is 21.3 Å². The number of aromatic nitrogens is 4. The fraction of sp³-hybridized carbons (Fsp3) is 0.200. The molecule has 3 heterocycles. The van der Waals surface area contributed by atoms with Crippen molar-refractivity contribution in [2.75, 3.05) is 34.4 Å². The molecule has 184 valence electrons. The fourth-order valence-corrected chi connectivity index (χ4v) is 4.07. The lowest BCUT2D eigenvalue weighted by Crippen LogP contribution is -2.39. The van der Waals surface area contributed by atoms with Crippen molar-refractivity contribution in [2.24, 2.45) is 0 Å². The predicted molar refractivity (Wildman–Crippen MR) is 136 cm³/mol. The number of rotatable bonds is 6. The summed E-state index contributed by atoms with van der Waals surface area (Å²) < 4.78 is 28.7. The first kappa shape index (κ1) is 23.2. The van der Waals surface area contributed by atoms with Crippen molar-refractivity contribution in [3.8, 4) is 5.69 Å². The molecule has 4 N–H and O–H groups in total. The minimum Gasteiger partial charge on any atom is -0.382 e. The molecule has 5 rings (SSSR count). The lowest BCUT2D eigenvalue weighted by Gasteiger charge is -2.33. The third kappa shape index (κ3) is 4.81. The van der Waals surface area contributed by atoms with Gasteiger partial charge in [0.2, 0.25) is 11.9 Å². The highest BCUT2D eigenvalue weighted by molar-refractivity contribution is 5.99. The molecule has 0 radical (unpaired) electrons. The van der Waals surface area contributed by atoms with E-state index in [-0.39, 0.29) is 30.5 Å². The van der Waals surface area contributed by atoms with Gasteiger partial charge in [-0.1, -0.05) is 12.6 Å². The Morgan fingerprint density at radius 2 is 1.81 bits per heavy atom. The maximum absolute atomic E-state index is 13.5. The molecule has 9 nitrogen and oxygen atoms in total. The number of imidazole rings is 1. The van der Waals surface area contributed by atoms with Crippen LogP contribution in [0.1, 0.15) is 12.8 Å². The van der Waals surface area contributed by atoms with E-state index in [4.69, 9.17) is 5.73 Å². The third-order valence-corrected chi connectivity index (χ3v) is 5.98. The second kappa shape index (κ2) is 9.25. The van der Waals surface area contributed by atoms with Gasteiger partial charge < -0.3 is 21.3 Å². The predicted octanol–water partition coefficient (Wildman–Crippen LogP) is 4.50. The Balaban J connectivity index is 1.38. The quantitative estimate of drug-likeness (QED) is 0.341. The maximum atomic E-state index is 13.5. The molecule has 2 aromatic heterocycles. The molecule has 1 aliphatic heterocycles. The Morgan fingerprint density at radius 1 is 1.06 bits per heavy atom. The van der Waals surface area contributed by atoms with Crippen molar-refractivity contribution >= 4 is 45.9 Å². The number of anilines is 5. The van der Waals surface area contributed by atoms with E-state index < -0.39 is 5.92 Å². The summed E-state index contributed by atoms with van der Waals surface area (Å²) in [5, 5.41) is 5.87. The molecule has 1 fully saturated rings. The number of amides is 1. The Hall–Kier alpha value is -4.54. The molecule has 0 spiro atoms. The van der Waals surface area contributed by atoms with Gasteiger partial charge in [-0.15, -0.1) is 0 Å². The average Bonchev–Trinajstić information content (AvgIpc) is 3.29. The van der Waals surface area contributed by atoms with Gasteiger partial charge in [0.15, 0.2) is 17.0 Å². The van der Waals surface area contributed by atoms with E-state index in [9.17, 15) is 13.6 Å². The van der Waals surface area contributed by atoms with Crippen molar-refractivity contribution < 1.29 is 13.6 Å².